The first-order chi connectivity index (χ1) is 10.6. The van der Waals surface area contributed by atoms with Crippen LogP contribution in [0.25, 0.3) is 0 Å². The van der Waals surface area contributed by atoms with Gasteiger partial charge in [-0.2, -0.15) is 0 Å². The van der Waals surface area contributed by atoms with Crippen molar-refractivity contribution >= 4 is 31.4 Å². The van der Waals surface area contributed by atoms with Gasteiger partial charge in [0.1, 0.15) is 16.5 Å². The first kappa shape index (κ1) is 17.2. The first-order valence-corrected chi connectivity index (χ1v) is 9.50. The fraction of sp³-hybridized carbons (Fsp3) is 0.0769. The number of anilines is 2. The fourth-order valence-corrected chi connectivity index (χ4v) is 3.40. The van der Waals surface area contributed by atoms with Crippen molar-refractivity contribution in [2.75, 3.05) is 15.7 Å². The Kier molecular flexibility index (Phi) is 4.57. The number of halogens is 2. The summed E-state index contributed by atoms with van der Waals surface area (Å²) in [5.41, 5.74) is -0.0464. The van der Waals surface area contributed by atoms with E-state index in [0.29, 0.717) is 0 Å². The molecular weight excluding hydrogens is 350 g/mol. The molecule has 0 bridgehead atoms. The van der Waals surface area contributed by atoms with E-state index in [1.54, 1.807) is 0 Å². The molecule has 2 aromatic carbocycles. The van der Waals surface area contributed by atoms with Crippen molar-refractivity contribution in [2.24, 2.45) is 0 Å². The average Bonchev–Trinajstić information content (AvgIpc) is 2.39. The monoisotopic (exact) mass is 362 g/mol. The van der Waals surface area contributed by atoms with Crippen LogP contribution in [-0.2, 0) is 20.0 Å². The molecule has 0 radical (unpaired) electrons. The lowest BCUT2D eigenvalue weighted by molar-refractivity contribution is 0.570. The molecule has 2 N–H and O–H groups in total. The van der Waals surface area contributed by atoms with Gasteiger partial charge in [-0.05, 0) is 42.5 Å². The Morgan fingerprint density at radius 3 is 1.91 bits per heavy atom. The highest BCUT2D eigenvalue weighted by molar-refractivity contribution is 7.92. The zero-order valence-corrected chi connectivity index (χ0v) is 13.4. The standard InChI is InChI=1S/C13H12F2N2O4S2/c1-22(18,19)16-11-6-7-13(12(15)8-11)23(20,21)17-10-4-2-9(14)3-5-10/h2-8,16-17H,1H3. The van der Waals surface area contributed by atoms with E-state index < -0.39 is 36.6 Å². The Morgan fingerprint density at radius 1 is 0.826 bits per heavy atom. The second kappa shape index (κ2) is 6.13. The Balaban J connectivity index is 2.31. The molecule has 0 amide bonds. The van der Waals surface area contributed by atoms with Gasteiger partial charge in [-0.3, -0.25) is 9.44 Å². The van der Waals surface area contributed by atoms with Gasteiger partial charge in [0.25, 0.3) is 10.0 Å². The minimum atomic E-state index is -4.24. The van der Waals surface area contributed by atoms with Crippen LogP contribution in [0.1, 0.15) is 0 Å². The summed E-state index contributed by atoms with van der Waals surface area (Å²) >= 11 is 0. The number of hydrogen-bond donors (Lipinski definition) is 2. The Labute approximate surface area is 132 Å². The molecule has 0 saturated carbocycles. The normalized spacial score (nSPS) is 12.0. The van der Waals surface area contributed by atoms with E-state index in [1.807, 2.05) is 4.72 Å². The molecule has 0 spiro atoms. The third-order valence-corrected chi connectivity index (χ3v) is 4.64. The third-order valence-electron chi connectivity index (χ3n) is 2.62. The quantitative estimate of drug-likeness (QED) is 0.852. The zero-order chi connectivity index (χ0) is 17.3. The highest BCUT2D eigenvalue weighted by Gasteiger charge is 2.20. The van der Waals surface area contributed by atoms with Crippen LogP contribution in [0, 0.1) is 11.6 Å². The summed E-state index contributed by atoms with van der Waals surface area (Å²) in [5.74, 6) is -1.68. The molecule has 10 heteroatoms. The van der Waals surface area contributed by atoms with E-state index in [-0.39, 0.29) is 11.4 Å². The number of benzene rings is 2. The maximum atomic E-state index is 14.0. The Morgan fingerprint density at radius 2 is 1.39 bits per heavy atom. The van der Waals surface area contributed by atoms with E-state index >= 15 is 0 Å². The van der Waals surface area contributed by atoms with Gasteiger partial charge in [-0.15, -0.1) is 0 Å². The smallest absolute Gasteiger partial charge is 0.264 e. The Hall–Kier alpha value is -2.20. The second-order valence-electron chi connectivity index (χ2n) is 4.63. The molecule has 2 rings (SSSR count). The van der Waals surface area contributed by atoms with E-state index in [9.17, 15) is 25.6 Å². The minimum absolute atomic E-state index is 0.0594. The van der Waals surface area contributed by atoms with Gasteiger partial charge in [0.15, 0.2) is 0 Å². The van der Waals surface area contributed by atoms with Crippen molar-refractivity contribution in [3.05, 3.63) is 54.1 Å². The van der Waals surface area contributed by atoms with Gasteiger partial charge < -0.3 is 0 Å². The molecule has 0 aromatic heterocycles. The number of nitrogens with one attached hydrogen (secondary N) is 2. The summed E-state index contributed by atoms with van der Waals surface area (Å²) in [6.45, 7) is 0. The summed E-state index contributed by atoms with van der Waals surface area (Å²) in [4.78, 5) is -0.666. The molecule has 2 aromatic rings. The molecule has 0 atom stereocenters. The van der Waals surface area contributed by atoms with Crippen molar-refractivity contribution in [3.8, 4) is 0 Å². The van der Waals surface area contributed by atoms with Crippen LogP contribution in [0.4, 0.5) is 20.2 Å². The third kappa shape index (κ3) is 4.63. The van der Waals surface area contributed by atoms with Crippen LogP contribution in [-0.4, -0.2) is 23.1 Å². The van der Waals surface area contributed by atoms with E-state index in [2.05, 4.69) is 4.72 Å². The average molecular weight is 362 g/mol. The largest absolute Gasteiger partial charge is 0.284 e. The van der Waals surface area contributed by atoms with E-state index in [0.717, 1.165) is 36.6 Å². The van der Waals surface area contributed by atoms with Crippen LogP contribution in [0.15, 0.2) is 47.4 Å². The van der Waals surface area contributed by atoms with Gasteiger partial charge in [0.05, 0.1) is 11.9 Å². The summed E-state index contributed by atoms with van der Waals surface area (Å²) in [6.07, 6.45) is 0.881. The van der Waals surface area contributed by atoms with Crippen molar-refractivity contribution < 1.29 is 25.6 Å². The van der Waals surface area contributed by atoms with Crippen molar-refractivity contribution in [1.29, 1.82) is 0 Å². The molecule has 124 valence electrons. The summed E-state index contributed by atoms with van der Waals surface area (Å²) in [6, 6.07) is 7.26. The second-order valence-corrected chi connectivity index (χ2v) is 8.03. The molecule has 6 nitrogen and oxygen atoms in total. The minimum Gasteiger partial charge on any atom is -0.284 e. The van der Waals surface area contributed by atoms with Crippen molar-refractivity contribution in [1.82, 2.24) is 0 Å². The van der Waals surface area contributed by atoms with Gasteiger partial charge >= 0.3 is 0 Å². The molecule has 0 aliphatic rings. The SMILES string of the molecule is CS(=O)(=O)Nc1ccc(S(=O)(=O)Nc2ccc(F)cc2)c(F)c1. The predicted octanol–water partition coefficient (Wildman–Crippen LogP) is 2.14. The van der Waals surface area contributed by atoms with Gasteiger partial charge in [-0.1, -0.05) is 0 Å². The van der Waals surface area contributed by atoms with Crippen molar-refractivity contribution in [2.45, 2.75) is 4.90 Å². The van der Waals surface area contributed by atoms with Gasteiger partial charge in [0, 0.05) is 5.69 Å². The van der Waals surface area contributed by atoms with Crippen LogP contribution < -0.4 is 9.44 Å². The first-order valence-electron chi connectivity index (χ1n) is 6.12. The van der Waals surface area contributed by atoms with Gasteiger partial charge in [-0.25, -0.2) is 25.6 Å². The van der Waals surface area contributed by atoms with Crippen LogP contribution >= 0.6 is 0 Å². The highest BCUT2D eigenvalue weighted by Crippen LogP contribution is 2.22. The molecule has 0 aliphatic carbocycles. The van der Waals surface area contributed by atoms with Crippen LogP contribution in [0.2, 0.25) is 0 Å². The summed E-state index contributed by atoms with van der Waals surface area (Å²) in [5, 5.41) is 0. The molecule has 0 unspecified atom stereocenters. The van der Waals surface area contributed by atoms with E-state index in [4.69, 9.17) is 0 Å². The summed E-state index contributed by atoms with van der Waals surface area (Å²) < 4.78 is 77.3. The zero-order valence-electron chi connectivity index (χ0n) is 11.7. The summed E-state index contributed by atoms with van der Waals surface area (Å²) in [7, 11) is -7.85. The lowest BCUT2D eigenvalue weighted by Crippen LogP contribution is -2.15. The molecular formula is C13H12F2N2O4S2. The fourth-order valence-electron chi connectivity index (χ4n) is 1.72. The van der Waals surface area contributed by atoms with Gasteiger partial charge in [0.2, 0.25) is 10.0 Å². The van der Waals surface area contributed by atoms with Crippen molar-refractivity contribution in [3.63, 3.8) is 0 Å². The van der Waals surface area contributed by atoms with Crippen LogP contribution in [0.5, 0.6) is 0 Å². The highest BCUT2D eigenvalue weighted by atomic mass is 32.2. The lowest BCUT2D eigenvalue weighted by Gasteiger charge is -2.10. The van der Waals surface area contributed by atoms with E-state index in [1.165, 1.54) is 12.1 Å². The number of rotatable bonds is 5. The molecule has 0 heterocycles. The lowest BCUT2D eigenvalue weighted by atomic mass is 10.3. The predicted molar refractivity (Wildman–Crippen MR) is 82.1 cm³/mol. The number of sulfonamides is 2. The Bertz CT molecular complexity index is 927. The number of hydrogen-bond acceptors (Lipinski definition) is 4. The molecule has 0 saturated heterocycles. The molecule has 23 heavy (non-hydrogen) atoms. The maximum Gasteiger partial charge on any atom is 0.264 e. The topological polar surface area (TPSA) is 92.3 Å². The van der Waals surface area contributed by atoms with Crippen LogP contribution in [0.3, 0.4) is 0 Å². The maximum absolute atomic E-state index is 14.0. The molecule has 0 fully saturated rings. The molecule has 0 aliphatic heterocycles.